The summed E-state index contributed by atoms with van der Waals surface area (Å²) in [5.74, 6) is -2.67. The number of urea groups is 1. The predicted octanol–water partition coefficient (Wildman–Crippen LogP) is 6.38. The number of hydrogen-bond donors (Lipinski definition) is 3. The van der Waals surface area contributed by atoms with Crippen molar-refractivity contribution < 1.29 is 29.3 Å². The van der Waals surface area contributed by atoms with Crippen LogP contribution in [0.5, 0.6) is 5.75 Å². The molecule has 3 aromatic rings. The van der Waals surface area contributed by atoms with Gasteiger partial charge >= 0.3 is 18.0 Å². The number of hydrogen-bond acceptors (Lipinski definition) is 6. The van der Waals surface area contributed by atoms with Crippen LogP contribution in [0.15, 0.2) is 41.1 Å². The summed E-state index contributed by atoms with van der Waals surface area (Å²) in [5, 5.41) is 25.7. The highest BCUT2D eigenvalue weighted by atomic mass is 35.5. The monoisotopic (exact) mass is 562 g/mol. The normalized spacial score (nSPS) is 13.8. The maximum atomic E-state index is 13.4. The van der Waals surface area contributed by atoms with Gasteiger partial charge in [-0.15, -0.1) is 11.3 Å². The van der Waals surface area contributed by atoms with Crippen molar-refractivity contribution >= 4 is 57.9 Å². The van der Waals surface area contributed by atoms with Gasteiger partial charge in [-0.3, -0.25) is 4.90 Å². The number of thiophene rings is 2. The highest BCUT2D eigenvalue weighted by molar-refractivity contribution is 7.18. The average molecular weight is 563 g/mol. The lowest BCUT2D eigenvalue weighted by atomic mass is 9.94. The fraction of sp³-hybridized carbons (Fsp3) is 0.346. The quantitative estimate of drug-likeness (QED) is 0.264. The van der Waals surface area contributed by atoms with Gasteiger partial charge in [0.15, 0.2) is 17.2 Å². The fourth-order valence-corrected chi connectivity index (χ4v) is 6.55. The highest BCUT2D eigenvalue weighted by Gasteiger charge is 2.29. The first kappa shape index (κ1) is 27.0. The van der Waals surface area contributed by atoms with Gasteiger partial charge in [-0.25, -0.2) is 14.4 Å². The summed E-state index contributed by atoms with van der Waals surface area (Å²) in [4.78, 5) is 38.2. The molecule has 2 heterocycles. The Balaban J connectivity index is 1.63. The summed E-state index contributed by atoms with van der Waals surface area (Å²) in [5.41, 5.74) is 2.48. The van der Waals surface area contributed by atoms with E-state index in [-0.39, 0.29) is 27.7 Å². The van der Waals surface area contributed by atoms with Crippen LogP contribution >= 0.6 is 34.3 Å². The Morgan fingerprint density at radius 1 is 1.14 bits per heavy atom. The van der Waals surface area contributed by atoms with Crippen LogP contribution in [0.2, 0.25) is 5.02 Å². The van der Waals surface area contributed by atoms with E-state index in [4.69, 9.17) is 21.4 Å². The molecule has 0 bridgehead atoms. The maximum absolute atomic E-state index is 13.4. The molecule has 8 nitrogen and oxygen atoms in total. The van der Waals surface area contributed by atoms with E-state index >= 15 is 0 Å². The van der Waals surface area contributed by atoms with Gasteiger partial charge in [0, 0.05) is 18.3 Å². The number of benzene rings is 1. The first-order valence-corrected chi connectivity index (χ1v) is 14.1. The molecule has 1 aliphatic rings. The van der Waals surface area contributed by atoms with Crippen molar-refractivity contribution in [2.75, 3.05) is 18.1 Å². The number of carboxylic acids is 2. The van der Waals surface area contributed by atoms with E-state index in [0.29, 0.717) is 22.7 Å². The van der Waals surface area contributed by atoms with Crippen LogP contribution in [0.25, 0.3) is 10.4 Å². The van der Waals surface area contributed by atoms with Crippen LogP contribution in [0.4, 0.5) is 10.5 Å². The summed E-state index contributed by atoms with van der Waals surface area (Å²) in [6.45, 7) is -0.196. The minimum atomic E-state index is -1.26. The fourth-order valence-electron chi connectivity index (χ4n) is 4.45. The minimum absolute atomic E-state index is 0.0326. The number of aromatic carboxylic acids is 1. The van der Waals surface area contributed by atoms with Crippen molar-refractivity contribution in [2.45, 2.75) is 44.6 Å². The van der Waals surface area contributed by atoms with Gasteiger partial charge in [0.25, 0.3) is 0 Å². The molecule has 2 aromatic heterocycles. The summed E-state index contributed by atoms with van der Waals surface area (Å²) in [6, 6.07) is 9.18. The van der Waals surface area contributed by atoms with Crippen molar-refractivity contribution in [1.29, 1.82) is 0 Å². The van der Waals surface area contributed by atoms with Gasteiger partial charge in [-0.1, -0.05) is 43.0 Å². The van der Waals surface area contributed by atoms with Crippen molar-refractivity contribution in [2.24, 2.45) is 0 Å². The molecule has 0 spiro atoms. The number of amides is 2. The minimum Gasteiger partial charge on any atom is -0.479 e. The van der Waals surface area contributed by atoms with E-state index in [1.165, 1.54) is 5.56 Å². The summed E-state index contributed by atoms with van der Waals surface area (Å²) < 4.78 is 5.20. The molecule has 4 rings (SSSR count). The third kappa shape index (κ3) is 6.63. The average Bonchev–Trinajstić information content (AvgIpc) is 3.51. The smallest absolute Gasteiger partial charge is 0.349 e. The van der Waals surface area contributed by atoms with Crippen LogP contribution < -0.4 is 15.0 Å². The van der Waals surface area contributed by atoms with E-state index in [1.807, 2.05) is 23.6 Å². The third-order valence-corrected chi connectivity index (χ3v) is 8.57. The number of anilines is 1. The Morgan fingerprint density at radius 2 is 1.92 bits per heavy atom. The lowest BCUT2D eigenvalue weighted by Gasteiger charge is -2.34. The van der Waals surface area contributed by atoms with Gasteiger partial charge in [0.2, 0.25) is 0 Å². The van der Waals surface area contributed by atoms with Gasteiger partial charge in [0.05, 0.1) is 4.88 Å². The third-order valence-electron chi connectivity index (χ3n) is 6.16. The maximum Gasteiger partial charge on any atom is 0.349 e. The zero-order valence-electron chi connectivity index (χ0n) is 19.9. The zero-order chi connectivity index (χ0) is 26.4. The van der Waals surface area contributed by atoms with Crippen molar-refractivity contribution in [3.05, 3.63) is 56.6 Å². The van der Waals surface area contributed by atoms with Crippen LogP contribution in [-0.4, -0.2) is 47.4 Å². The van der Waals surface area contributed by atoms with Crippen LogP contribution in [0, 0.1) is 0 Å². The molecule has 0 atom stereocenters. The van der Waals surface area contributed by atoms with Gasteiger partial charge in [0.1, 0.15) is 5.02 Å². The topological polar surface area (TPSA) is 116 Å². The van der Waals surface area contributed by atoms with E-state index in [9.17, 15) is 19.5 Å². The second kappa shape index (κ2) is 12.4. The molecule has 3 N–H and O–H groups in total. The molecule has 1 saturated carbocycles. The summed E-state index contributed by atoms with van der Waals surface area (Å²) in [7, 11) is 0. The van der Waals surface area contributed by atoms with E-state index in [0.717, 1.165) is 49.9 Å². The lowest BCUT2D eigenvalue weighted by Crippen LogP contribution is -2.47. The summed E-state index contributed by atoms with van der Waals surface area (Å²) in [6.07, 6.45) is 5.79. The van der Waals surface area contributed by atoms with Gasteiger partial charge in [-0.2, -0.15) is 11.3 Å². The van der Waals surface area contributed by atoms with E-state index < -0.39 is 18.5 Å². The number of carbonyl (C=O) groups is 3. The molecule has 1 fully saturated rings. The van der Waals surface area contributed by atoms with Crippen molar-refractivity contribution in [3.8, 4) is 16.2 Å². The highest BCUT2D eigenvalue weighted by Crippen LogP contribution is 2.46. The Hall–Kier alpha value is -3.08. The number of nitrogens with one attached hydrogen (secondary N) is 1. The number of nitrogens with zero attached hydrogens (tertiary/aromatic N) is 1. The standard InChI is InChI=1S/C26H27ClN2O6S2/c27-21-22(35-14-20(30)31)24(25(32)33)37-23(21)17-5-4-8-19(13-17)29(18-6-2-1-3-7-18)26(34)28-11-9-16-10-12-36-15-16/h4-5,8,10,12-13,15,18H,1-3,6-7,9,11,14H2,(H,28,34)(H,30,31)(H,32,33). The van der Waals surface area contributed by atoms with Crippen molar-refractivity contribution in [3.63, 3.8) is 0 Å². The number of halogens is 1. The number of ether oxygens (including phenoxy) is 1. The van der Waals surface area contributed by atoms with Crippen LogP contribution in [0.3, 0.4) is 0 Å². The Labute approximate surface area is 227 Å². The molecule has 2 amide bonds. The molecule has 11 heteroatoms. The second-order valence-electron chi connectivity index (χ2n) is 8.72. The Morgan fingerprint density at radius 3 is 2.59 bits per heavy atom. The van der Waals surface area contributed by atoms with Crippen molar-refractivity contribution in [1.82, 2.24) is 5.32 Å². The molecule has 0 aliphatic heterocycles. The second-order valence-corrected chi connectivity index (χ2v) is 10.9. The number of aliphatic carboxylic acids is 1. The molecular formula is C26H27ClN2O6S2. The molecule has 37 heavy (non-hydrogen) atoms. The number of rotatable bonds is 10. The largest absolute Gasteiger partial charge is 0.479 e. The van der Waals surface area contributed by atoms with E-state index in [1.54, 1.807) is 28.4 Å². The molecule has 1 aliphatic carbocycles. The van der Waals surface area contributed by atoms with Gasteiger partial charge in [-0.05, 0) is 59.3 Å². The van der Waals surface area contributed by atoms with E-state index in [2.05, 4.69) is 10.7 Å². The molecular weight excluding hydrogens is 536 g/mol. The lowest BCUT2D eigenvalue weighted by molar-refractivity contribution is -0.139. The molecule has 0 saturated heterocycles. The first-order valence-electron chi connectivity index (χ1n) is 11.9. The summed E-state index contributed by atoms with van der Waals surface area (Å²) >= 11 is 9.02. The predicted molar refractivity (Wildman–Crippen MR) is 146 cm³/mol. The Bertz CT molecular complexity index is 1250. The number of carbonyl (C=O) groups excluding carboxylic acids is 1. The number of carboxylic acid groups (broad SMARTS) is 2. The molecule has 196 valence electrons. The van der Waals surface area contributed by atoms with Crippen LogP contribution in [0.1, 0.15) is 47.3 Å². The molecule has 0 radical (unpaired) electrons. The van der Waals surface area contributed by atoms with Crippen LogP contribution in [-0.2, 0) is 11.2 Å². The first-order chi connectivity index (χ1) is 17.8. The van der Waals surface area contributed by atoms with Gasteiger partial charge < -0.3 is 20.3 Å². The molecule has 1 aromatic carbocycles. The SMILES string of the molecule is O=C(O)COc1c(C(=O)O)sc(-c2cccc(N(C(=O)NCCc3ccsc3)C3CCCCC3)c2)c1Cl. The zero-order valence-corrected chi connectivity index (χ0v) is 22.3. The Kier molecular flexibility index (Phi) is 9.07. The molecule has 0 unspecified atom stereocenters.